The molecule has 9 nitrogen and oxygen atoms in total. The van der Waals surface area contributed by atoms with E-state index < -0.39 is 24.2 Å². The number of nitrogens with zero attached hydrogens (tertiary/aromatic N) is 3. The molecular weight excluding hydrogens is 604 g/mol. The second-order valence-corrected chi connectivity index (χ2v) is 16.2. The molecular formula is C39H60N4O5. The molecule has 0 aromatic heterocycles. The summed E-state index contributed by atoms with van der Waals surface area (Å²) < 4.78 is 0. The number of phenols is 1. The topological polar surface area (TPSA) is 109 Å². The Hall–Kier alpha value is -2.53. The van der Waals surface area contributed by atoms with Crippen molar-refractivity contribution in [3.63, 3.8) is 0 Å². The summed E-state index contributed by atoms with van der Waals surface area (Å²) in [4.78, 5) is 25.0. The maximum atomic E-state index is 14.1. The third kappa shape index (κ3) is 7.92. The smallest absolute Gasteiger partial charge is 0.240 e. The van der Waals surface area contributed by atoms with E-state index in [9.17, 15) is 20.1 Å². The monoisotopic (exact) mass is 664 g/mol. The average Bonchev–Trinajstić information content (AvgIpc) is 3.39. The van der Waals surface area contributed by atoms with Gasteiger partial charge >= 0.3 is 0 Å². The molecule has 9 atom stereocenters. The normalized spacial score (nSPS) is 29.6. The molecule has 1 aliphatic heterocycles. The third-order valence-corrected chi connectivity index (χ3v) is 11.9. The van der Waals surface area contributed by atoms with E-state index in [4.69, 9.17) is 4.84 Å². The van der Waals surface area contributed by atoms with Gasteiger partial charge in [0.25, 0.3) is 0 Å². The van der Waals surface area contributed by atoms with Gasteiger partial charge in [0, 0.05) is 37.6 Å². The molecule has 2 bridgehead atoms. The van der Waals surface area contributed by atoms with Crippen LogP contribution in [0.15, 0.2) is 48.5 Å². The third-order valence-electron chi connectivity index (χ3n) is 11.9. The van der Waals surface area contributed by atoms with Crippen LogP contribution in [-0.2, 0) is 29.3 Å². The average molecular weight is 665 g/mol. The highest BCUT2D eigenvalue weighted by Gasteiger charge is 2.57. The molecule has 4 N–H and O–H groups in total. The van der Waals surface area contributed by atoms with Gasteiger partial charge in [0.1, 0.15) is 17.9 Å². The first-order valence-electron chi connectivity index (χ1n) is 18.0. The first-order chi connectivity index (χ1) is 22.7. The van der Waals surface area contributed by atoms with Crippen molar-refractivity contribution in [3.05, 3.63) is 65.2 Å². The number of hydrogen-bond donors (Lipinski definition) is 4. The van der Waals surface area contributed by atoms with Crippen LogP contribution in [0, 0.1) is 35.0 Å². The van der Waals surface area contributed by atoms with Gasteiger partial charge in [0.2, 0.25) is 5.91 Å². The maximum Gasteiger partial charge on any atom is 0.240 e. The largest absolute Gasteiger partial charge is 0.508 e. The maximum absolute atomic E-state index is 14.1. The lowest BCUT2D eigenvalue weighted by atomic mass is 9.45. The standard InChI is InChI=1S/C39H60N4O5/c1-24(2)34(22-41(7)8)42(20-29-13-10-14-31(46)16-29)19-27-11-9-12-28(15-27)21-43-37(36(26(4)45)35(23-44)48-43)38(47)40-33-18-30-17-32(25(33)3)39(30,5)6/h9-16,24-26,30,32-37,44-46H,17-23H2,1-8H3,(H,40,47)/t25-,26-,30+,32-,33-,34+,35-,36+,37-/m0/s1. The number of aromatic hydroxyl groups is 1. The van der Waals surface area contributed by atoms with Crippen LogP contribution in [0.25, 0.3) is 0 Å². The molecule has 2 aromatic rings. The predicted molar refractivity (Wildman–Crippen MR) is 189 cm³/mol. The number of benzene rings is 2. The Labute approximate surface area is 288 Å². The molecule has 9 heteroatoms. The van der Waals surface area contributed by atoms with Crippen molar-refractivity contribution in [2.75, 3.05) is 27.2 Å². The van der Waals surface area contributed by atoms with E-state index in [-0.39, 0.29) is 30.3 Å². The fraction of sp³-hybridized carbons (Fsp3) is 0.667. The lowest BCUT2D eigenvalue weighted by Gasteiger charge is -2.62. The molecule has 4 fully saturated rings. The molecule has 1 heterocycles. The number of aliphatic hydroxyl groups excluding tert-OH is 2. The number of hydroxylamine groups is 2. The summed E-state index contributed by atoms with van der Waals surface area (Å²) in [5, 5.41) is 36.3. The Kier molecular flexibility index (Phi) is 11.6. The lowest BCUT2D eigenvalue weighted by molar-refractivity contribution is -0.183. The van der Waals surface area contributed by atoms with Crippen molar-refractivity contribution in [2.45, 2.75) is 104 Å². The number of amides is 1. The Bertz CT molecular complexity index is 1380. The number of phenolic OH excluding ortho intramolecular Hbond substituents is 1. The van der Waals surface area contributed by atoms with Gasteiger partial charge < -0.3 is 25.5 Å². The molecule has 0 radical (unpaired) electrons. The Morgan fingerprint density at radius 3 is 2.25 bits per heavy atom. The zero-order valence-electron chi connectivity index (χ0n) is 30.3. The van der Waals surface area contributed by atoms with Crippen molar-refractivity contribution in [3.8, 4) is 5.75 Å². The molecule has 2 aromatic carbocycles. The SMILES string of the molecule is CC(C)[C@@H](CN(C)C)N(Cc1cccc(O)c1)Cc1cccc(CN2O[C@@H](CO)[C@@H]([C@H](C)O)[C@H]2C(=O)N[C@H]2C[C@H]3C[C@@H]([C@@H]2C)C3(C)C)c1. The molecule has 6 rings (SSSR count). The van der Waals surface area contributed by atoms with Gasteiger partial charge in [-0.2, -0.15) is 5.06 Å². The van der Waals surface area contributed by atoms with Crippen molar-refractivity contribution in [2.24, 2.45) is 35.0 Å². The summed E-state index contributed by atoms with van der Waals surface area (Å²) in [6, 6.07) is 15.5. The number of carbonyl (C=O) groups excluding carboxylic acids is 1. The second-order valence-electron chi connectivity index (χ2n) is 16.2. The number of rotatable bonds is 14. The van der Waals surface area contributed by atoms with Gasteiger partial charge in [-0.15, -0.1) is 0 Å². The van der Waals surface area contributed by atoms with E-state index in [1.807, 2.05) is 24.3 Å². The minimum atomic E-state index is -0.832. The fourth-order valence-corrected chi connectivity index (χ4v) is 9.03. The molecule has 0 spiro atoms. The Morgan fingerprint density at radius 2 is 1.69 bits per heavy atom. The summed E-state index contributed by atoms with van der Waals surface area (Å²) in [5.41, 5.74) is 3.51. The van der Waals surface area contributed by atoms with Gasteiger partial charge in [-0.25, -0.2) is 0 Å². The highest BCUT2D eigenvalue weighted by molar-refractivity contribution is 5.82. The highest BCUT2D eigenvalue weighted by Crippen LogP contribution is 2.61. The van der Waals surface area contributed by atoms with Gasteiger partial charge in [-0.05, 0) is 91.8 Å². The number of carbonyl (C=O) groups is 1. The van der Waals surface area contributed by atoms with Crippen LogP contribution >= 0.6 is 0 Å². The summed E-state index contributed by atoms with van der Waals surface area (Å²) in [5.74, 6) is 1.57. The van der Waals surface area contributed by atoms with Crippen LogP contribution in [0.1, 0.15) is 71.1 Å². The van der Waals surface area contributed by atoms with Crippen LogP contribution in [0.2, 0.25) is 0 Å². The van der Waals surface area contributed by atoms with Gasteiger partial charge in [-0.1, -0.05) is 71.0 Å². The number of nitrogens with one attached hydrogen (secondary N) is 1. The van der Waals surface area contributed by atoms with E-state index in [1.165, 1.54) is 6.42 Å². The van der Waals surface area contributed by atoms with E-state index in [0.29, 0.717) is 48.7 Å². The van der Waals surface area contributed by atoms with Crippen molar-refractivity contribution < 1.29 is 25.0 Å². The summed E-state index contributed by atoms with van der Waals surface area (Å²) in [6.07, 6.45) is 0.701. The quantitative estimate of drug-likeness (QED) is 0.232. The second kappa shape index (κ2) is 15.2. The van der Waals surface area contributed by atoms with Crippen LogP contribution in [-0.4, -0.2) is 93.7 Å². The van der Waals surface area contributed by atoms with Gasteiger partial charge in [0.05, 0.1) is 19.3 Å². The van der Waals surface area contributed by atoms with Crippen LogP contribution in [0.5, 0.6) is 5.75 Å². The molecule has 3 aliphatic carbocycles. The zero-order chi connectivity index (χ0) is 34.9. The minimum absolute atomic E-state index is 0.0934. The number of likely N-dealkylation sites (N-methyl/N-ethyl adjacent to an activating group) is 1. The molecule has 0 unspecified atom stereocenters. The molecule has 266 valence electrons. The molecule has 4 aliphatic rings. The molecule has 1 amide bonds. The van der Waals surface area contributed by atoms with Gasteiger partial charge in [0.15, 0.2) is 0 Å². The Balaban J connectivity index is 1.36. The first kappa shape index (κ1) is 36.7. The van der Waals surface area contributed by atoms with E-state index in [2.05, 4.69) is 82.0 Å². The summed E-state index contributed by atoms with van der Waals surface area (Å²) in [6.45, 7) is 15.5. The van der Waals surface area contributed by atoms with Crippen LogP contribution < -0.4 is 5.32 Å². The number of aliphatic hydroxyl groups is 2. The summed E-state index contributed by atoms with van der Waals surface area (Å²) >= 11 is 0. The highest BCUT2D eigenvalue weighted by atomic mass is 16.7. The molecule has 48 heavy (non-hydrogen) atoms. The Morgan fingerprint density at radius 1 is 1.04 bits per heavy atom. The van der Waals surface area contributed by atoms with E-state index >= 15 is 0 Å². The van der Waals surface area contributed by atoms with E-state index in [0.717, 1.165) is 29.7 Å². The fourth-order valence-electron chi connectivity index (χ4n) is 9.03. The van der Waals surface area contributed by atoms with Crippen molar-refractivity contribution in [1.82, 2.24) is 20.2 Å². The van der Waals surface area contributed by atoms with Crippen LogP contribution in [0.4, 0.5) is 0 Å². The number of fused-ring (bicyclic) bond motifs is 2. The summed E-state index contributed by atoms with van der Waals surface area (Å²) in [7, 11) is 4.20. The zero-order valence-corrected chi connectivity index (χ0v) is 30.3. The minimum Gasteiger partial charge on any atom is -0.508 e. The predicted octanol–water partition coefficient (Wildman–Crippen LogP) is 4.64. The van der Waals surface area contributed by atoms with Gasteiger partial charge in [-0.3, -0.25) is 14.5 Å². The first-order valence-corrected chi connectivity index (χ1v) is 18.0. The molecule has 1 saturated heterocycles. The van der Waals surface area contributed by atoms with E-state index in [1.54, 1.807) is 18.1 Å². The lowest BCUT2D eigenvalue weighted by Crippen LogP contribution is -2.62. The van der Waals surface area contributed by atoms with Crippen LogP contribution in [0.3, 0.4) is 0 Å². The van der Waals surface area contributed by atoms with Crippen molar-refractivity contribution in [1.29, 1.82) is 0 Å². The number of hydrogen-bond acceptors (Lipinski definition) is 8. The molecule has 3 saturated carbocycles. The van der Waals surface area contributed by atoms with Crippen molar-refractivity contribution >= 4 is 5.91 Å².